The number of benzene rings is 2. The molecule has 0 aliphatic heterocycles. The van der Waals surface area contributed by atoms with E-state index < -0.39 is 11.6 Å². The Morgan fingerprint density at radius 1 is 1.03 bits per heavy atom. The molecule has 9 nitrogen and oxygen atoms in total. The van der Waals surface area contributed by atoms with E-state index in [1.54, 1.807) is 6.20 Å². The minimum atomic E-state index is -1.33. The number of carboxylic acids is 1. The largest absolute Gasteiger partial charge is 0.478 e. The summed E-state index contributed by atoms with van der Waals surface area (Å²) in [6.07, 6.45) is 1.69. The van der Waals surface area contributed by atoms with E-state index >= 15 is 0 Å². The summed E-state index contributed by atoms with van der Waals surface area (Å²) in [4.78, 5) is 22.6. The normalized spacial score (nSPS) is 11.7. The molecule has 0 saturated carbocycles. The smallest absolute Gasteiger partial charge is 0.347 e. The molecule has 0 fully saturated rings. The Bertz CT molecular complexity index is 1320. The summed E-state index contributed by atoms with van der Waals surface area (Å²) < 4.78 is 17.1. The molecule has 0 bridgehead atoms. The van der Waals surface area contributed by atoms with Crippen molar-refractivity contribution in [2.24, 2.45) is 0 Å². The molecule has 0 aliphatic carbocycles. The van der Waals surface area contributed by atoms with Gasteiger partial charge in [0.1, 0.15) is 11.5 Å². The average Bonchev–Trinajstić information content (AvgIpc) is 3.45. The summed E-state index contributed by atoms with van der Waals surface area (Å²) in [5, 5.41) is 13.6. The predicted molar refractivity (Wildman–Crippen MR) is 132 cm³/mol. The fraction of sp³-hybridized carbons (Fsp3) is 0.333. The zero-order valence-corrected chi connectivity index (χ0v) is 21.1. The van der Waals surface area contributed by atoms with Gasteiger partial charge in [-0.15, -0.1) is 0 Å². The van der Waals surface area contributed by atoms with Crippen LogP contribution in [0.2, 0.25) is 0 Å². The third-order valence-electron chi connectivity index (χ3n) is 5.69. The van der Waals surface area contributed by atoms with E-state index in [4.69, 9.17) is 13.7 Å². The number of aliphatic carboxylic acids is 1. The Morgan fingerprint density at radius 3 is 2.31 bits per heavy atom. The van der Waals surface area contributed by atoms with Crippen LogP contribution in [0.4, 0.5) is 0 Å². The van der Waals surface area contributed by atoms with Crippen LogP contribution in [-0.4, -0.2) is 36.7 Å². The van der Waals surface area contributed by atoms with E-state index in [1.165, 1.54) is 13.8 Å². The number of carbonyl (C=O) groups is 1. The zero-order chi connectivity index (χ0) is 25.9. The molecule has 0 spiro atoms. The van der Waals surface area contributed by atoms with Crippen LogP contribution in [0, 0.1) is 20.8 Å². The molecule has 0 amide bonds. The van der Waals surface area contributed by atoms with Gasteiger partial charge in [0.05, 0.1) is 19.3 Å². The maximum absolute atomic E-state index is 11.5. The Labute approximate surface area is 209 Å². The molecule has 2 aromatic heterocycles. The van der Waals surface area contributed by atoms with E-state index in [0.29, 0.717) is 43.0 Å². The minimum absolute atomic E-state index is 0.393. The van der Waals surface area contributed by atoms with E-state index in [1.807, 2.05) is 63.2 Å². The minimum Gasteiger partial charge on any atom is -0.478 e. The summed E-state index contributed by atoms with van der Waals surface area (Å²) in [5.74, 6) is 1.90. The van der Waals surface area contributed by atoms with Crippen LogP contribution in [-0.2, 0) is 24.4 Å². The molecule has 0 unspecified atom stereocenters. The third-order valence-corrected chi connectivity index (χ3v) is 5.69. The molecule has 0 saturated heterocycles. The first-order valence-electron chi connectivity index (χ1n) is 11.6. The molecule has 4 rings (SSSR count). The molecule has 2 heterocycles. The lowest BCUT2D eigenvalue weighted by Crippen LogP contribution is -2.38. The lowest BCUT2D eigenvalue weighted by molar-refractivity contribution is -0.152. The summed E-state index contributed by atoms with van der Waals surface area (Å²) >= 11 is 0. The Balaban J connectivity index is 1.57. The Morgan fingerprint density at radius 2 is 1.69 bits per heavy atom. The molecule has 4 aromatic rings. The van der Waals surface area contributed by atoms with Gasteiger partial charge in [0.2, 0.25) is 17.6 Å². The van der Waals surface area contributed by atoms with Gasteiger partial charge in [-0.05, 0) is 51.3 Å². The first-order valence-corrected chi connectivity index (χ1v) is 11.6. The van der Waals surface area contributed by atoms with Gasteiger partial charge in [-0.3, -0.25) is 4.90 Å². The topological polar surface area (TPSA) is 115 Å². The molecular weight excluding hydrogens is 460 g/mol. The molecular formula is C27H30N4O5. The number of aryl methyl sites for hydroxylation is 3. The first kappa shape index (κ1) is 25.1. The molecule has 9 heteroatoms. The van der Waals surface area contributed by atoms with E-state index in [0.717, 1.165) is 28.0 Å². The predicted octanol–water partition coefficient (Wildman–Crippen LogP) is 5.09. The lowest BCUT2D eigenvalue weighted by Gasteiger charge is -2.25. The van der Waals surface area contributed by atoms with Gasteiger partial charge in [-0.1, -0.05) is 47.6 Å². The van der Waals surface area contributed by atoms with Crippen LogP contribution in [0.1, 0.15) is 48.1 Å². The lowest BCUT2D eigenvalue weighted by atomic mass is 10.0. The second-order valence-corrected chi connectivity index (χ2v) is 9.36. The molecule has 188 valence electrons. The monoisotopic (exact) mass is 490 g/mol. The summed E-state index contributed by atoms with van der Waals surface area (Å²) in [7, 11) is 0. The quantitative estimate of drug-likeness (QED) is 0.324. The van der Waals surface area contributed by atoms with Crippen molar-refractivity contribution >= 4 is 5.97 Å². The molecule has 0 atom stereocenters. The standard InChI is InChI=1S/C27H30N4O5/c1-17-11-20(12-18(2)24(17)35-27(4,5)26(32)33)14-31(15-22-28-13-19(3)34-22)16-23-29-25(30-36-23)21-9-7-6-8-10-21/h6-13H,14-16H2,1-5H3,(H,32,33). The van der Waals surface area contributed by atoms with Gasteiger partial charge in [0, 0.05) is 12.1 Å². The van der Waals surface area contributed by atoms with Crippen molar-refractivity contribution < 1.29 is 23.6 Å². The van der Waals surface area contributed by atoms with E-state index in [9.17, 15) is 9.90 Å². The fourth-order valence-electron chi connectivity index (χ4n) is 3.90. The number of oxazole rings is 1. The summed E-state index contributed by atoms with van der Waals surface area (Å²) in [6.45, 7) is 10.1. The molecule has 0 aliphatic rings. The number of aromatic nitrogens is 3. The summed E-state index contributed by atoms with van der Waals surface area (Å²) in [6, 6.07) is 13.7. The highest BCUT2D eigenvalue weighted by molar-refractivity contribution is 5.77. The van der Waals surface area contributed by atoms with E-state index in [-0.39, 0.29) is 0 Å². The van der Waals surface area contributed by atoms with Gasteiger partial charge in [-0.25, -0.2) is 9.78 Å². The zero-order valence-electron chi connectivity index (χ0n) is 21.1. The van der Waals surface area contributed by atoms with Gasteiger partial charge in [0.15, 0.2) is 5.60 Å². The molecule has 0 radical (unpaired) electrons. The number of ether oxygens (including phenoxy) is 1. The van der Waals surface area contributed by atoms with Crippen LogP contribution in [0.5, 0.6) is 5.75 Å². The van der Waals surface area contributed by atoms with Crippen LogP contribution in [0.3, 0.4) is 0 Å². The van der Waals surface area contributed by atoms with Crippen LogP contribution in [0.15, 0.2) is 57.6 Å². The van der Waals surface area contributed by atoms with Crippen LogP contribution < -0.4 is 4.74 Å². The van der Waals surface area contributed by atoms with E-state index in [2.05, 4.69) is 20.0 Å². The van der Waals surface area contributed by atoms with Crippen LogP contribution >= 0.6 is 0 Å². The van der Waals surface area contributed by atoms with Gasteiger partial charge < -0.3 is 18.8 Å². The molecule has 36 heavy (non-hydrogen) atoms. The average molecular weight is 491 g/mol. The van der Waals surface area contributed by atoms with Crippen molar-refractivity contribution in [2.75, 3.05) is 0 Å². The maximum atomic E-state index is 11.5. The Kier molecular flexibility index (Phi) is 7.21. The van der Waals surface area contributed by atoms with Crippen molar-refractivity contribution in [1.29, 1.82) is 0 Å². The van der Waals surface area contributed by atoms with Crippen molar-refractivity contribution in [3.8, 4) is 17.1 Å². The number of nitrogens with zero attached hydrogens (tertiary/aromatic N) is 4. The number of hydrogen-bond acceptors (Lipinski definition) is 8. The molecule has 1 N–H and O–H groups in total. The SMILES string of the molecule is Cc1cnc(CN(Cc2cc(C)c(OC(C)(C)C(=O)O)c(C)c2)Cc2nc(-c3ccccc3)no2)o1. The first-order chi connectivity index (χ1) is 17.1. The van der Waals surface area contributed by atoms with Gasteiger partial charge >= 0.3 is 5.97 Å². The highest BCUT2D eigenvalue weighted by atomic mass is 16.5. The summed E-state index contributed by atoms with van der Waals surface area (Å²) in [5.41, 5.74) is 2.29. The van der Waals surface area contributed by atoms with Crippen molar-refractivity contribution in [2.45, 2.75) is 59.9 Å². The number of rotatable bonds is 10. The van der Waals surface area contributed by atoms with Crippen molar-refractivity contribution in [3.05, 3.63) is 82.9 Å². The number of carboxylic acid groups (broad SMARTS) is 1. The van der Waals surface area contributed by atoms with Crippen LogP contribution in [0.25, 0.3) is 11.4 Å². The van der Waals surface area contributed by atoms with Crippen molar-refractivity contribution in [3.63, 3.8) is 0 Å². The fourth-order valence-corrected chi connectivity index (χ4v) is 3.90. The third kappa shape index (κ3) is 5.98. The van der Waals surface area contributed by atoms with Gasteiger partial charge in [0.25, 0.3) is 0 Å². The second kappa shape index (κ2) is 10.3. The Hall–Kier alpha value is -3.98. The van der Waals surface area contributed by atoms with Crippen molar-refractivity contribution in [1.82, 2.24) is 20.0 Å². The molecule has 2 aromatic carbocycles. The number of hydrogen-bond donors (Lipinski definition) is 1. The highest BCUT2D eigenvalue weighted by Crippen LogP contribution is 2.29. The maximum Gasteiger partial charge on any atom is 0.347 e. The second-order valence-electron chi connectivity index (χ2n) is 9.36. The highest BCUT2D eigenvalue weighted by Gasteiger charge is 2.30. The van der Waals surface area contributed by atoms with Gasteiger partial charge in [-0.2, -0.15) is 4.98 Å².